The number of benzene rings is 9. The fourth-order valence-electron chi connectivity index (χ4n) is 11.2. The number of hydrogen-bond donors (Lipinski definition) is 0. The van der Waals surface area contributed by atoms with E-state index < -0.39 is 0 Å². The molecule has 0 fully saturated rings. The summed E-state index contributed by atoms with van der Waals surface area (Å²) in [6, 6.07) is 72.9. The molecule has 0 N–H and O–H groups in total. The van der Waals surface area contributed by atoms with E-state index in [-0.39, 0.29) is 0 Å². The number of hydrogen-bond acceptors (Lipinski definition) is 7. The van der Waals surface area contributed by atoms with E-state index in [2.05, 4.69) is 126 Å². The van der Waals surface area contributed by atoms with Crippen LogP contribution in [0.4, 0.5) is 11.4 Å². The van der Waals surface area contributed by atoms with Gasteiger partial charge < -0.3 is 13.4 Å². The zero-order valence-electron chi connectivity index (χ0n) is 44.0. The summed E-state index contributed by atoms with van der Waals surface area (Å²) in [7, 11) is 0. The first-order chi connectivity index (χ1) is 40.9. The highest BCUT2D eigenvalue weighted by Crippen LogP contribution is 2.41. The van der Waals surface area contributed by atoms with Gasteiger partial charge >= 0.3 is 0 Å². The Hall–Kier alpha value is -12.2. The number of aromatic nitrogens is 4. The smallest absolute Gasteiger partial charge is 0.188 e. The van der Waals surface area contributed by atoms with Gasteiger partial charge in [-0.2, -0.15) is 10.5 Å². The molecule has 15 rings (SSSR count). The lowest BCUT2D eigenvalue weighted by Crippen LogP contribution is -1.96. The predicted octanol–water partition coefficient (Wildman–Crippen LogP) is 19.3. The van der Waals surface area contributed by atoms with E-state index in [1.807, 2.05) is 128 Å². The number of fused-ring (bicyclic) bond motifs is 9. The Kier molecular flexibility index (Phi) is 12.2. The summed E-state index contributed by atoms with van der Waals surface area (Å²) < 4.78 is 14.3. The van der Waals surface area contributed by atoms with Crippen LogP contribution in [0, 0.1) is 35.8 Å². The van der Waals surface area contributed by atoms with Crippen LogP contribution in [-0.4, -0.2) is 19.5 Å². The van der Waals surface area contributed by atoms with Crippen molar-refractivity contribution >= 4 is 77.1 Å². The van der Waals surface area contributed by atoms with Crippen molar-refractivity contribution in [2.75, 3.05) is 0 Å². The monoisotopic (exact) mass is 1060 g/mol. The molecule has 0 saturated heterocycles. The van der Waals surface area contributed by atoms with Gasteiger partial charge in [-0.05, 0) is 201 Å². The number of furan rings is 2. The molecule has 0 atom stereocenters. The van der Waals surface area contributed by atoms with Crippen molar-refractivity contribution in [3.05, 3.63) is 277 Å². The largest absolute Gasteiger partial charge is 0.456 e. The Bertz CT molecular complexity index is 5060. The second-order valence-corrected chi connectivity index (χ2v) is 20.1. The molecule has 9 aromatic carbocycles. The maximum atomic E-state index is 10.1. The van der Waals surface area contributed by atoms with Gasteiger partial charge in [0.15, 0.2) is 11.4 Å². The summed E-state index contributed by atoms with van der Waals surface area (Å²) >= 11 is 0. The van der Waals surface area contributed by atoms with Crippen LogP contribution in [0.15, 0.2) is 252 Å². The first-order valence-electron chi connectivity index (χ1n) is 26.6. The van der Waals surface area contributed by atoms with E-state index in [0.717, 1.165) is 138 Å². The third-order valence-corrected chi connectivity index (χ3v) is 15.1. The number of pyridine rings is 3. The van der Waals surface area contributed by atoms with Crippen LogP contribution < -0.4 is 0 Å². The summed E-state index contributed by atoms with van der Waals surface area (Å²) in [5.41, 5.74) is 20.6. The molecule has 0 saturated carbocycles. The van der Waals surface area contributed by atoms with Crippen molar-refractivity contribution in [1.82, 2.24) is 19.5 Å². The first-order valence-corrected chi connectivity index (χ1v) is 26.6. The molecule has 10 nitrogen and oxygen atoms in total. The van der Waals surface area contributed by atoms with Gasteiger partial charge in [-0.25, -0.2) is 9.69 Å². The molecule has 384 valence electrons. The second-order valence-electron chi connectivity index (χ2n) is 20.1. The summed E-state index contributed by atoms with van der Waals surface area (Å²) in [5, 5.41) is 25.4. The van der Waals surface area contributed by atoms with Crippen molar-refractivity contribution in [2.45, 2.75) is 0 Å². The average Bonchev–Trinajstić information content (AvgIpc) is 3.08. The van der Waals surface area contributed by atoms with Crippen molar-refractivity contribution < 1.29 is 8.83 Å². The minimum atomic E-state index is 0.566. The van der Waals surface area contributed by atoms with Gasteiger partial charge in [0, 0.05) is 86.5 Å². The van der Waals surface area contributed by atoms with Crippen LogP contribution in [0.3, 0.4) is 0 Å². The highest BCUT2D eigenvalue weighted by molar-refractivity contribution is 6.11. The molecular weight excluding hydrogens is 1020 g/mol. The van der Waals surface area contributed by atoms with E-state index in [9.17, 15) is 10.5 Å². The molecule has 15 aromatic rings. The molecule has 6 heterocycles. The summed E-state index contributed by atoms with van der Waals surface area (Å²) in [4.78, 5) is 20.3. The molecule has 0 amide bonds. The normalized spacial score (nSPS) is 11.1. The second kappa shape index (κ2) is 20.5. The van der Waals surface area contributed by atoms with Crippen molar-refractivity contribution in [1.29, 1.82) is 10.5 Å². The Morgan fingerprint density at radius 1 is 0.337 bits per heavy atom. The van der Waals surface area contributed by atoms with Gasteiger partial charge in [0.2, 0.25) is 0 Å². The van der Waals surface area contributed by atoms with E-state index in [1.54, 1.807) is 30.7 Å². The molecule has 0 aliphatic rings. The van der Waals surface area contributed by atoms with Gasteiger partial charge in [-0.3, -0.25) is 15.0 Å². The third kappa shape index (κ3) is 9.09. The number of nitrogens with zero attached hydrogens (tertiary/aromatic N) is 8. The van der Waals surface area contributed by atoms with Crippen LogP contribution >= 0.6 is 0 Å². The molecule has 83 heavy (non-hydrogen) atoms. The molecule has 0 spiro atoms. The molecule has 10 heteroatoms. The lowest BCUT2D eigenvalue weighted by Gasteiger charge is -2.14. The van der Waals surface area contributed by atoms with Crippen molar-refractivity contribution in [3.63, 3.8) is 0 Å². The van der Waals surface area contributed by atoms with Crippen molar-refractivity contribution in [3.8, 4) is 84.6 Å². The topological polar surface area (TPSA) is 126 Å². The highest BCUT2D eigenvalue weighted by Gasteiger charge is 2.18. The van der Waals surface area contributed by atoms with Crippen molar-refractivity contribution in [2.24, 2.45) is 0 Å². The van der Waals surface area contributed by atoms with E-state index in [1.165, 1.54) is 0 Å². The maximum Gasteiger partial charge on any atom is 0.188 e. The summed E-state index contributed by atoms with van der Waals surface area (Å²) in [5.74, 6) is 0. The van der Waals surface area contributed by atoms with Gasteiger partial charge in [0.05, 0.1) is 47.4 Å². The molecular formula is C73H40N8O2. The molecule has 0 unspecified atom stereocenters. The SMILES string of the molecule is [C-]#[N+]c1ccc2c(c1)c1ccccc1n2-c1cc(C#N)cc(-c2cc(-c3cccnc3)cc(-c3cccnc3)c2)c1.[C-]#[N+]c1ccc2oc3ccc(-c4cc(-c5cccnc5)cc(-c5ccc6oc7ccc(C#N)cc7c6c5)c4)cc3c2c1. The van der Waals surface area contributed by atoms with E-state index in [4.69, 9.17) is 22.0 Å². The Labute approximate surface area is 475 Å². The quantitative estimate of drug-likeness (QED) is 0.145. The van der Waals surface area contributed by atoms with Crippen LogP contribution in [0.25, 0.3) is 148 Å². The Morgan fingerprint density at radius 2 is 0.771 bits per heavy atom. The Balaban J connectivity index is 0.000000148. The lowest BCUT2D eigenvalue weighted by molar-refractivity contribution is 0.668. The Morgan fingerprint density at radius 3 is 1.29 bits per heavy atom. The zero-order chi connectivity index (χ0) is 56.0. The maximum absolute atomic E-state index is 10.1. The molecule has 6 aromatic heterocycles. The van der Waals surface area contributed by atoms with Gasteiger partial charge in [0.1, 0.15) is 22.3 Å². The molecule has 0 radical (unpaired) electrons. The van der Waals surface area contributed by atoms with E-state index in [0.29, 0.717) is 22.5 Å². The zero-order valence-corrected chi connectivity index (χ0v) is 44.0. The highest BCUT2D eigenvalue weighted by atomic mass is 16.3. The fraction of sp³-hybridized carbons (Fsp3) is 0. The number of nitriles is 2. The van der Waals surface area contributed by atoms with Crippen LogP contribution in [0.1, 0.15) is 11.1 Å². The number of rotatable bonds is 7. The predicted molar refractivity (Wildman–Crippen MR) is 330 cm³/mol. The minimum absolute atomic E-state index is 0.566. The third-order valence-electron chi connectivity index (χ3n) is 15.1. The van der Waals surface area contributed by atoms with Gasteiger partial charge in [0.25, 0.3) is 0 Å². The van der Waals surface area contributed by atoms with Crippen LogP contribution in [0.5, 0.6) is 0 Å². The molecule has 0 bridgehead atoms. The summed E-state index contributed by atoms with van der Waals surface area (Å²) in [6.07, 6.45) is 10.9. The van der Waals surface area contributed by atoms with E-state index >= 15 is 0 Å². The average molecular weight is 1060 g/mol. The lowest BCUT2D eigenvalue weighted by atomic mass is 9.92. The molecule has 0 aliphatic carbocycles. The van der Waals surface area contributed by atoms with Crippen LogP contribution in [-0.2, 0) is 0 Å². The molecule has 0 aliphatic heterocycles. The standard InChI is InChI=1S/C37H19N3O2.C36H21N5/c1-39-29-7-11-37-33(19-29)32-18-24(6-10-36(32)42-37)27-14-26(15-28(16-27)25-3-2-12-40-21-25)23-5-9-35-31(17-23)30-13-22(20-38)4-8-34(30)41-35;1-38-31-10-11-36-34(20-31)33-8-2-3-9-35(33)41(36)32-15-24(21-37)14-27(19-32)30-17-28(25-6-4-12-39-22-25)16-29(18-30)26-7-5-13-40-23-26/h2-19,21H;2-20,22-23H. The first kappa shape index (κ1) is 49.1. The number of para-hydroxylation sites is 1. The summed E-state index contributed by atoms with van der Waals surface area (Å²) in [6.45, 7) is 14.9. The van der Waals surface area contributed by atoms with Gasteiger partial charge in [-0.15, -0.1) is 0 Å². The van der Waals surface area contributed by atoms with Crippen LogP contribution in [0.2, 0.25) is 0 Å². The minimum Gasteiger partial charge on any atom is -0.456 e. The fourth-order valence-corrected chi connectivity index (χ4v) is 11.2. The van der Waals surface area contributed by atoms with Gasteiger partial charge in [-0.1, -0.05) is 60.7 Å².